The lowest BCUT2D eigenvalue weighted by Gasteiger charge is -2.25. The van der Waals surface area contributed by atoms with E-state index < -0.39 is 22.7 Å². The number of halogens is 1. The summed E-state index contributed by atoms with van der Waals surface area (Å²) in [6.45, 7) is 0.124. The minimum absolute atomic E-state index is 0.124. The number of nitro groups is 1. The Morgan fingerprint density at radius 2 is 1.89 bits per heavy atom. The predicted molar refractivity (Wildman–Crippen MR) is 142 cm³/mol. The van der Waals surface area contributed by atoms with Gasteiger partial charge >= 0.3 is 0 Å². The summed E-state index contributed by atoms with van der Waals surface area (Å²) in [6, 6.07) is 16.5. The molecule has 1 amide bonds. The number of carbonyl (C=O) groups excluding carboxylic acids is 2. The lowest BCUT2D eigenvalue weighted by atomic mass is 9.95. The molecule has 0 saturated carbocycles. The van der Waals surface area contributed by atoms with Crippen LogP contribution in [0.2, 0.25) is 5.02 Å². The van der Waals surface area contributed by atoms with Crippen LogP contribution in [0.25, 0.3) is 16.7 Å². The van der Waals surface area contributed by atoms with E-state index in [1.54, 1.807) is 25.3 Å². The van der Waals surface area contributed by atoms with Crippen LogP contribution in [0.5, 0.6) is 5.75 Å². The molecule has 2 heterocycles. The van der Waals surface area contributed by atoms with Gasteiger partial charge in [-0.3, -0.25) is 19.7 Å². The molecule has 9 nitrogen and oxygen atoms in total. The van der Waals surface area contributed by atoms with Crippen molar-refractivity contribution >= 4 is 45.6 Å². The molecule has 1 aromatic heterocycles. The van der Waals surface area contributed by atoms with Gasteiger partial charge in [0.2, 0.25) is 0 Å². The summed E-state index contributed by atoms with van der Waals surface area (Å²) in [5.41, 5.74) is 2.10. The second-order valence-corrected chi connectivity index (χ2v) is 9.26. The fourth-order valence-corrected chi connectivity index (χ4v) is 4.89. The van der Waals surface area contributed by atoms with E-state index in [-0.39, 0.29) is 23.6 Å². The number of aromatic amines is 1. The van der Waals surface area contributed by atoms with Gasteiger partial charge in [-0.15, -0.1) is 0 Å². The average Bonchev–Trinajstić information content (AvgIpc) is 3.44. The van der Waals surface area contributed by atoms with Gasteiger partial charge in [-0.25, -0.2) is 0 Å². The number of amides is 1. The maximum atomic E-state index is 13.3. The number of non-ortho nitro benzene ring substituents is 1. The Morgan fingerprint density at radius 1 is 1.13 bits per heavy atom. The quantitative estimate of drug-likeness (QED) is 0.108. The molecular formula is C28H22ClN3O6. The summed E-state index contributed by atoms with van der Waals surface area (Å²) in [6.07, 6.45) is 2.21. The number of methoxy groups -OCH3 is 1. The fraction of sp³-hybridized carbons (Fsp3) is 0.143. The minimum atomic E-state index is -1.02. The highest BCUT2D eigenvalue weighted by Crippen LogP contribution is 2.40. The van der Waals surface area contributed by atoms with Crippen molar-refractivity contribution in [2.24, 2.45) is 0 Å². The molecule has 1 saturated heterocycles. The highest BCUT2D eigenvalue weighted by atomic mass is 35.5. The monoisotopic (exact) mass is 531 g/mol. The lowest BCUT2D eigenvalue weighted by Crippen LogP contribution is -2.31. The van der Waals surface area contributed by atoms with E-state index in [2.05, 4.69) is 4.98 Å². The van der Waals surface area contributed by atoms with Gasteiger partial charge in [-0.1, -0.05) is 23.7 Å². The van der Waals surface area contributed by atoms with Crippen LogP contribution in [-0.2, 0) is 16.0 Å². The number of carbonyl (C=O) groups is 2. The number of rotatable bonds is 7. The number of aliphatic hydroxyl groups is 1. The normalized spacial score (nSPS) is 16.8. The van der Waals surface area contributed by atoms with E-state index in [0.29, 0.717) is 28.3 Å². The van der Waals surface area contributed by atoms with E-state index >= 15 is 0 Å². The molecule has 38 heavy (non-hydrogen) atoms. The number of likely N-dealkylation sites (tertiary alicyclic amines) is 1. The summed E-state index contributed by atoms with van der Waals surface area (Å²) < 4.78 is 5.33. The third-order valence-corrected chi connectivity index (χ3v) is 6.90. The number of nitrogens with one attached hydrogen (secondary N) is 1. The molecule has 4 aromatic rings. The first-order valence-electron chi connectivity index (χ1n) is 11.7. The number of aromatic nitrogens is 1. The summed E-state index contributed by atoms with van der Waals surface area (Å²) >= 11 is 5.97. The van der Waals surface area contributed by atoms with Crippen molar-refractivity contribution in [1.82, 2.24) is 9.88 Å². The van der Waals surface area contributed by atoms with Crippen LogP contribution in [0.15, 0.2) is 78.5 Å². The zero-order valence-corrected chi connectivity index (χ0v) is 20.9. The van der Waals surface area contributed by atoms with Crippen molar-refractivity contribution in [3.05, 3.63) is 110 Å². The average molecular weight is 532 g/mol. The first-order chi connectivity index (χ1) is 18.3. The standard InChI is InChI=1S/C28H22ClN3O6/c1-38-21-9-10-23-22(14-21)18(15-30-23)11-12-31-25(17-3-2-4-20(13-17)32(36)37)24(27(34)28(31)35)26(33)16-5-7-19(29)8-6-16/h2-10,13-15,25,30,33H,11-12H2,1H3/t25-/m0/s1. The smallest absolute Gasteiger partial charge is 0.295 e. The zero-order valence-electron chi connectivity index (χ0n) is 20.2. The predicted octanol–water partition coefficient (Wildman–Crippen LogP) is 5.40. The number of nitrogens with zero attached hydrogens (tertiary/aromatic N) is 2. The first-order valence-corrected chi connectivity index (χ1v) is 12.1. The Morgan fingerprint density at radius 3 is 2.61 bits per heavy atom. The molecule has 1 atom stereocenters. The molecule has 10 heteroatoms. The van der Waals surface area contributed by atoms with Crippen molar-refractivity contribution in [1.29, 1.82) is 0 Å². The molecule has 2 N–H and O–H groups in total. The first kappa shape index (κ1) is 25.0. The van der Waals surface area contributed by atoms with Gasteiger partial charge in [0, 0.05) is 46.4 Å². The van der Waals surface area contributed by atoms with E-state index in [9.17, 15) is 24.8 Å². The number of hydrogen-bond donors (Lipinski definition) is 2. The van der Waals surface area contributed by atoms with Crippen LogP contribution in [0, 0.1) is 10.1 Å². The number of benzene rings is 3. The summed E-state index contributed by atoms with van der Waals surface area (Å²) in [7, 11) is 1.58. The van der Waals surface area contributed by atoms with Crippen molar-refractivity contribution in [2.45, 2.75) is 12.5 Å². The lowest BCUT2D eigenvalue weighted by molar-refractivity contribution is -0.384. The number of hydrogen-bond acceptors (Lipinski definition) is 6. The Bertz CT molecular complexity index is 1610. The van der Waals surface area contributed by atoms with Crippen LogP contribution in [-0.4, -0.2) is 45.3 Å². The molecule has 0 unspecified atom stereocenters. The summed E-state index contributed by atoms with van der Waals surface area (Å²) in [4.78, 5) is 42.0. The van der Waals surface area contributed by atoms with Gasteiger partial charge in [-0.2, -0.15) is 0 Å². The van der Waals surface area contributed by atoms with Crippen LogP contribution in [0.3, 0.4) is 0 Å². The van der Waals surface area contributed by atoms with Crippen LogP contribution >= 0.6 is 11.6 Å². The van der Waals surface area contributed by atoms with E-state index in [4.69, 9.17) is 16.3 Å². The van der Waals surface area contributed by atoms with Gasteiger partial charge < -0.3 is 19.7 Å². The number of Topliss-reactive ketones (excluding diaryl/α,β-unsaturated/α-hetero) is 1. The maximum absolute atomic E-state index is 13.3. The number of nitro benzene ring substituents is 1. The summed E-state index contributed by atoms with van der Waals surface area (Å²) in [5, 5.41) is 24.0. The Hall–Kier alpha value is -4.63. The molecule has 192 valence electrons. The maximum Gasteiger partial charge on any atom is 0.295 e. The second-order valence-electron chi connectivity index (χ2n) is 8.83. The number of ketones is 1. The summed E-state index contributed by atoms with van der Waals surface area (Å²) in [5.74, 6) is -1.36. The number of H-pyrrole nitrogens is 1. The van der Waals surface area contributed by atoms with Gasteiger partial charge in [-0.05, 0) is 60.0 Å². The molecule has 5 rings (SSSR count). The molecular weight excluding hydrogens is 510 g/mol. The molecule has 1 fully saturated rings. The van der Waals surface area contributed by atoms with Crippen molar-refractivity contribution in [2.75, 3.05) is 13.7 Å². The topological polar surface area (TPSA) is 126 Å². The fourth-order valence-electron chi connectivity index (χ4n) is 4.76. The largest absolute Gasteiger partial charge is 0.507 e. The Kier molecular flexibility index (Phi) is 6.61. The minimum Gasteiger partial charge on any atom is -0.507 e. The third kappa shape index (κ3) is 4.48. The molecule has 0 radical (unpaired) electrons. The third-order valence-electron chi connectivity index (χ3n) is 6.65. The van der Waals surface area contributed by atoms with Crippen LogP contribution in [0.4, 0.5) is 5.69 Å². The number of ether oxygens (including phenoxy) is 1. The zero-order chi connectivity index (χ0) is 27.0. The van der Waals surface area contributed by atoms with Crippen LogP contribution < -0.4 is 4.74 Å². The molecule has 0 aliphatic carbocycles. The molecule has 0 spiro atoms. The SMILES string of the molecule is COc1ccc2[nH]cc(CCN3C(=O)C(=O)C(=C(O)c4ccc(Cl)cc4)[C@@H]3c3cccc([N+](=O)[O-])c3)c2c1. The van der Waals surface area contributed by atoms with Crippen molar-refractivity contribution in [3.8, 4) is 5.75 Å². The van der Waals surface area contributed by atoms with Crippen molar-refractivity contribution < 1.29 is 24.4 Å². The van der Waals surface area contributed by atoms with Gasteiger partial charge in [0.25, 0.3) is 17.4 Å². The second kappa shape index (κ2) is 10.0. The Labute approximate surface area is 222 Å². The highest BCUT2D eigenvalue weighted by Gasteiger charge is 2.46. The van der Waals surface area contributed by atoms with E-state index in [1.165, 1.54) is 35.2 Å². The Balaban J connectivity index is 1.58. The van der Waals surface area contributed by atoms with Gasteiger partial charge in [0.15, 0.2) is 0 Å². The van der Waals surface area contributed by atoms with E-state index in [1.807, 2.05) is 24.4 Å². The number of aliphatic hydroxyl groups excluding tert-OH is 1. The highest BCUT2D eigenvalue weighted by molar-refractivity contribution is 6.46. The molecule has 3 aromatic carbocycles. The van der Waals surface area contributed by atoms with E-state index in [0.717, 1.165) is 16.5 Å². The molecule has 1 aliphatic rings. The van der Waals surface area contributed by atoms with Crippen molar-refractivity contribution in [3.63, 3.8) is 0 Å². The number of fused-ring (bicyclic) bond motifs is 1. The van der Waals surface area contributed by atoms with Gasteiger partial charge in [0.05, 0.1) is 23.6 Å². The van der Waals surface area contributed by atoms with Crippen LogP contribution in [0.1, 0.15) is 22.7 Å². The van der Waals surface area contributed by atoms with Gasteiger partial charge in [0.1, 0.15) is 11.5 Å². The molecule has 0 bridgehead atoms. The molecule has 1 aliphatic heterocycles.